The zero-order valence-electron chi connectivity index (χ0n) is 21.4. The third kappa shape index (κ3) is 9.98. The van der Waals surface area contributed by atoms with Crippen LogP contribution < -0.4 is 0 Å². The molecule has 0 unspecified atom stereocenters. The van der Waals surface area contributed by atoms with E-state index < -0.39 is 22.1 Å². The summed E-state index contributed by atoms with van der Waals surface area (Å²) in [5.74, 6) is 0.485. The third-order valence-corrected chi connectivity index (χ3v) is 7.07. The first kappa shape index (κ1) is 30.6. The maximum absolute atomic E-state index is 12.7. The molecule has 0 saturated heterocycles. The van der Waals surface area contributed by atoms with Gasteiger partial charge in [0.2, 0.25) is 0 Å². The summed E-state index contributed by atoms with van der Waals surface area (Å²) in [6, 6.07) is 34.5. The molecular formula is C31H34N2O2RuS. The molecule has 0 aliphatic carbocycles. The van der Waals surface area contributed by atoms with E-state index in [1.807, 2.05) is 66.7 Å². The Bertz CT molecular complexity index is 1280. The van der Waals surface area contributed by atoms with E-state index in [4.69, 9.17) is 5.73 Å². The number of benzene rings is 4. The SMILES string of the molecule is Cc1ccc(C(C)C)cc1.[NH-][C@@H](c1ccccc1)[C@@H]([N-]S(=O)(=O)Cc1ccccc1)c1ccccc1.[Ru+2]. The van der Waals surface area contributed by atoms with Gasteiger partial charge in [-0.1, -0.05) is 146 Å². The van der Waals surface area contributed by atoms with Crippen LogP contribution in [0.15, 0.2) is 115 Å². The summed E-state index contributed by atoms with van der Waals surface area (Å²) in [5.41, 5.74) is 13.5. The molecule has 4 rings (SSSR count). The number of sulfonamides is 1. The second kappa shape index (κ2) is 14.9. The zero-order chi connectivity index (χ0) is 26.0. The van der Waals surface area contributed by atoms with Crippen LogP contribution in [0.3, 0.4) is 0 Å². The van der Waals surface area contributed by atoms with Crippen molar-refractivity contribution in [1.82, 2.24) is 0 Å². The van der Waals surface area contributed by atoms with Crippen molar-refractivity contribution < 1.29 is 27.9 Å². The van der Waals surface area contributed by atoms with Gasteiger partial charge in [-0.3, -0.25) is 0 Å². The number of rotatable bonds is 8. The molecule has 37 heavy (non-hydrogen) atoms. The average Bonchev–Trinajstić information content (AvgIpc) is 2.89. The Morgan fingerprint density at radius 3 is 1.62 bits per heavy atom. The van der Waals surface area contributed by atoms with Crippen LogP contribution in [-0.4, -0.2) is 8.42 Å². The topological polar surface area (TPSA) is 72.0 Å². The minimum absolute atomic E-state index is 0. The number of nitrogens with zero attached hydrogens (tertiary/aromatic N) is 1. The maximum Gasteiger partial charge on any atom is 2.00 e. The second-order valence-corrected chi connectivity index (χ2v) is 10.8. The van der Waals surface area contributed by atoms with Crippen molar-refractivity contribution in [2.75, 3.05) is 0 Å². The van der Waals surface area contributed by atoms with Gasteiger partial charge in [-0.15, -0.1) is 12.1 Å². The van der Waals surface area contributed by atoms with Crippen LogP contribution in [0.25, 0.3) is 10.5 Å². The van der Waals surface area contributed by atoms with Crippen molar-refractivity contribution in [2.24, 2.45) is 0 Å². The predicted octanol–water partition coefficient (Wildman–Crippen LogP) is 8.54. The second-order valence-electron chi connectivity index (χ2n) is 9.13. The summed E-state index contributed by atoms with van der Waals surface area (Å²) in [5, 5.41) is 0. The van der Waals surface area contributed by atoms with Gasteiger partial charge in [0.15, 0.2) is 0 Å². The van der Waals surface area contributed by atoms with E-state index in [0.717, 1.165) is 5.56 Å². The molecule has 0 bridgehead atoms. The van der Waals surface area contributed by atoms with Gasteiger partial charge < -0.3 is 10.5 Å². The van der Waals surface area contributed by atoms with Crippen LogP contribution in [0.4, 0.5) is 0 Å². The number of aryl methyl sites for hydroxylation is 1. The molecule has 0 heterocycles. The summed E-state index contributed by atoms with van der Waals surface area (Å²) in [6.07, 6.45) is 0. The Labute approximate surface area is 235 Å². The Morgan fingerprint density at radius 1 is 0.676 bits per heavy atom. The number of hydrogen-bond acceptors (Lipinski definition) is 2. The molecule has 0 spiro atoms. The summed E-state index contributed by atoms with van der Waals surface area (Å²) in [7, 11) is -3.73. The molecule has 0 amide bonds. The quantitative estimate of drug-likeness (QED) is 0.190. The third-order valence-electron chi connectivity index (χ3n) is 5.83. The van der Waals surface area contributed by atoms with Gasteiger partial charge in [0.05, 0.1) is 15.8 Å². The van der Waals surface area contributed by atoms with Gasteiger partial charge in [0.25, 0.3) is 0 Å². The first-order valence-corrected chi connectivity index (χ1v) is 13.7. The van der Waals surface area contributed by atoms with Crippen LogP contribution in [0, 0.1) is 6.92 Å². The monoisotopic (exact) mass is 600 g/mol. The largest absolute Gasteiger partial charge is 2.00 e. The van der Waals surface area contributed by atoms with E-state index in [1.54, 1.807) is 24.3 Å². The first-order chi connectivity index (χ1) is 17.2. The summed E-state index contributed by atoms with van der Waals surface area (Å²) in [6.45, 7) is 6.54. The first-order valence-electron chi connectivity index (χ1n) is 12.1. The van der Waals surface area contributed by atoms with Gasteiger partial charge in [-0.25, -0.2) is 8.42 Å². The molecule has 0 radical (unpaired) electrons. The Hall–Kier alpha value is -2.63. The predicted molar refractivity (Wildman–Crippen MR) is 150 cm³/mol. The van der Waals surface area contributed by atoms with Gasteiger partial charge in [-0.05, 0) is 24.0 Å². The number of hydrogen-bond donors (Lipinski definition) is 0. The molecular weight excluding hydrogens is 565 g/mol. The Kier molecular flexibility index (Phi) is 12.4. The van der Waals surface area contributed by atoms with Crippen molar-refractivity contribution in [1.29, 1.82) is 0 Å². The van der Waals surface area contributed by atoms with E-state index >= 15 is 0 Å². The van der Waals surface area contributed by atoms with Crippen LogP contribution in [0.1, 0.15) is 59.7 Å². The smallest absolute Gasteiger partial charge is 0.672 e. The molecule has 0 aromatic heterocycles. The van der Waals surface area contributed by atoms with Crippen LogP contribution >= 0.6 is 0 Å². The van der Waals surface area contributed by atoms with Crippen molar-refractivity contribution >= 4 is 10.0 Å². The molecule has 6 heteroatoms. The van der Waals surface area contributed by atoms with E-state index in [-0.39, 0.29) is 25.2 Å². The molecule has 4 nitrogen and oxygen atoms in total. The van der Waals surface area contributed by atoms with E-state index in [1.165, 1.54) is 11.1 Å². The van der Waals surface area contributed by atoms with Crippen molar-refractivity contribution in [3.05, 3.63) is 154 Å². The van der Waals surface area contributed by atoms with E-state index in [2.05, 4.69) is 49.8 Å². The minimum atomic E-state index is -3.73. The fourth-order valence-electron chi connectivity index (χ4n) is 3.75. The van der Waals surface area contributed by atoms with Gasteiger partial charge in [0, 0.05) is 0 Å². The molecule has 0 fully saturated rings. The van der Waals surface area contributed by atoms with Gasteiger partial charge in [-0.2, -0.15) is 0 Å². The summed E-state index contributed by atoms with van der Waals surface area (Å²) >= 11 is 0. The standard InChI is InChI=1S/C21H20N2O2S.C10H14.Ru/c22-20(18-12-6-2-7-13-18)21(19-14-8-3-9-15-19)23-26(24,25)16-17-10-4-1-5-11-17;1-8(2)10-6-4-9(3)5-7-10;/h1-15,20-22H,16H2;4-8H,1-3H3;/q-2;;+2/t20-,21-;;/m0../s1. The molecule has 0 saturated carbocycles. The molecule has 4 aromatic carbocycles. The van der Waals surface area contributed by atoms with Crippen molar-refractivity contribution in [3.8, 4) is 0 Å². The minimum Gasteiger partial charge on any atom is -0.672 e. The Morgan fingerprint density at radius 2 is 1.14 bits per heavy atom. The normalized spacial score (nSPS) is 12.6. The molecule has 1 N–H and O–H groups in total. The van der Waals surface area contributed by atoms with E-state index in [0.29, 0.717) is 17.0 Å². The van der Waals surface area contributed by atoms with Gasteiger partial charge >= 0.3 is 19.5 Å². The van der Waals surface area contributed by atoms with Crippen LogP contribution in [-0.2, 0) is 35.3 Å². The average molecular weight is 600 g/mol. The molecule has 194 valence electrons. The molecule has 2 atom stereocenters. The zero-order valence-corrected chi connectivity index (χ0v) is 24.0. The van der Waals surface area contributed by atoms with Crippen LogP contribution in [0.5, 0.6) is 0 Å². The summed E-state index contributed by atoms with van der Waals surface area (Å²) < 4.78 is 29.5. The molecule has 0 aliphatic rings. The fourth-order valence-corrected chi connectivity index (χ4v) is 5.03. The van der Waals surface area contributed by atoms with E-state index in [9.17, 15) is 8.42 Å². The molecule has 4 aromatic rings. The number of nitrogens with one attached hydrogen (secondary N) is 1. The van der Waals surface area contributed by atoms with Crippen molar-refractivity contribution in [2.45, 2.75) is 44.5 Å². The van der Waals surface area contributed by atoms with Gasteiger partial charge in [0.1, 0.15) is 0 Å². The fraction of sp³-hybridized carbons (Fsp3) is 0.226. The van der Waals surface area contributed by atoms with Crippen LogP contribution in [0.2, 0.25) is 0 Å². The Balaban J connectivity index is 0.000000369. The van der Waals surface area contributed by atoms with Crippen molar-refractivity contribution in [3.63, 3.8) is 0 Å². The molecule has 0 aliphatic heterocycles. The maximum atomic E-state index is 12.7. The summed E-state index contributed by atoms with van der Waals surface area (Å²) in [4.78, 5) is 0.